The number of hydrogen-bond acceptors (Lipinski definition) is 2. The van der Waals surface area contributed by atoms with Crippen molar-refractivity contribution < 1.29 is 0 Å². The van der Waals surface area contributed by atoms with E-state index >= 15 is 0 Å². The number of hydrogen-bond donors (Lipinski definition) is 1. The highest BCUT2D eigenvalue weighted by Gasteiger charge is 2.37. The summed E-state index contributed by atoms with van der Waals surface area (Å²) in [6.45, 7) is 2.44. The van der Waals surface area contributed by atoms with Crippen molar-refractivity contribution in [2.24, 2.45) is 0 Å². The van der Waals surface area contributed by atoms with Crippen molar-refractivity contribution in [3.8, 4) is 0 Å². The first-order chi connectivity index (χ1) is 6.91. The SMILES string of the molecule is c1cc2c(s1)CCCC21CCNCC1. The van der Waals surface area contributed by atoms with Gasteiger partial charge in [0.2, 0.25) is 0 Å². The molecule has 76 valence electrons. The van der Waals surface area contributed by atoms with E-state index in [0.29, 0.717) is 5.41 Å². The molecule has 0 aromatic carbocycles. The smallest absolute Gasteiger partial charge is 0.00828 e. The van der Waals surface area contributed by atoms with Gasteiger partial charge in [-0.15, -0.1) is 11.3 Å². The third-order valence-corrected chi connectivity index (χ3v) is 4.92. The van der Waals surface area contributed by atoms with Crippen molar-refractivity contribution in [1.29, 1.82) is 0 Å². The van der Waals surface area contributed by atoms with Crippen molar-refractivity contribution >= 4 is 11.3 Å². The maximum Gasteiger partial charge on any atom is 0.00828 e. The number of rotatable bonds is 0. The van der Waals surface area contributed by atoms with Crippen molar-refractivity contribution in [2.75, 3.05) is 13.1 Å². The average Bonchev–Trinajstić information content (AvgIpc) is 2.69. The molecule has 1 aromatic rings. The Hall–Kier alpha value is -0.340. The Labute approximate surface area is 89.5 Å². The molecule has 14 heavy (non-hydrogen) atoms. The highest BCUT2D eigenvalue weighted by Crippen LogP contribution is 2.45. The topological polar surface area (TPSA) is 12.0 Å². The Morgan fingerprint density at radius 1 is 1.21 bits per heavy atom. The molecule has 2 heterocycles. The first kappa shape index (κ1) is 8.93. The third-order valence-electron chi connectivity index (χ3n) is 3.94. The summed E-state index contributed by atoms with van der Waals surface area (Å²) in [6.07, 6.45) is 6.89. The minimum Gasteiger partial charge on any atom is -0.317 e. The molecule has 0 atom stereocenters. The van der Waals surface area contributed by atoms with Gasteiger partial charge in [-0.05, 0) is 67.6 Å². The molecule has 1 fully saturated rings. The second-order valence-electron chi connectivity index (χ2n) is 4.64. The Kier molecular flexibility index (Phi) is 2.14. The van der Waals surface area contributed by atoms with E-state index in [1.165, 1.54) is 45.2 Å². The van der Waals surface area contributed by atoms with E-state index in [-0.39, 0.29) is 0 Å². The molecule has 1 spiro atoms. The van der Waals surface area contributed by atoms with Crippen LogP contribution in [0, 0.1) is 0 Å². The maximum absolute atomic E-state index is 3.48. The molecule has 1 aromatic heterocycles. The zero-order valence-electron chi connectivity index (χ0n) is 8.51. The summed E-state index contributed by atoms with van der Waals surface area (Å²) in [5.74, 6) is 0. The normalized spacial score (nSPS) is 24.9. The van der Waals surface area contributed by atoms with E-state index in [2.05, 4.69) is 16.8 Å². The van der Waals surface area contributed by atoms with E-state index in [9.17, 15) is 0 Å². The van der Waals surface area contributed by atoms with E-state index in [1.807, 2.05) is 11.3 Å². The second kappa shape index (κ2) is 3.35. The van der Waals surface area contributed by atoms with E-state index in [1.54, 1.807) is 10.4 Å². The van der Waals surface area contributed by atoms with Crippen LogP contribution in [0.3, 0.4) is 0 Å². The molecule has 1 N–H and O–H groups in total. The van der Waals surface area contributed by atoms with Crippen molar-refractivity contribution in [2.45, 2.75) is 37.5 Å². The minimum atomic E-state index is 0.568. The lowest BCUT2D eigenvalue weighted by Gasteiger charge is -2.41. The quantitative estimate of drug-likeness (QED) is 0.689. The van der Waals surface area contributed by atoms with Gasteiger partial charge >= 0.3 is 0 Å². The molecule has 0 radical (unpaired) electrons. The van der Waals surface area contributed by atoms with Crippen LogP contribution in [-0.4, -0.2) is 13.1 Å². The first-order valence-corrected chi connectivity index (χ1v) is 6.56. The summed E-state index contributed by atoms with van der Waals surface area (Å²) in [4.78, 5) is 1.68. The van der Waals surface area contributed by atoms with Crippen LogP contribution in [0.25, 0.3) is 0 Å². The van der Waals surface area contributed by atoms with Gasteiger partial charge in [-0.3, -0.25) is 0 Å². The Bertz CT molecular complexity index is 323. The van der Waals surface area contributed by atoms with Gasteiger partial charge in [0.15, 0.2) is 0 Å². The molecule has 2 heteroatoms. The van der Waals surface area contributed by atoms with Crippen LogP contribution in [0.4, 0.5) is 0 Å². The van der Waals surface area contributed by atoms with Crippen LogP contribution in [0.5, 0.6) is 0 Å². The van der Waals surface area contributed by atoms with Crippen molar-refractivity contribution in [3.05, 3.63) is 21.9 Å². The van der Waals surface area contributed by atoms with Gasteiger partial charge in [-0.2, -0.15) is 0 Å². The molecule has 3 rings (SSSR count). The zero-order chi connectivity index (χ0) is 9.43. The molecule has 0 amide bonds. The Balaban J connectivity index is 2.01. The number of aryl methyl sites for hydroxylation is 1. The summed E-state index contributed by atoms with van der Waals surface area (Å²) in [5.41, 5.74) is 2.27. The fourth-order valence-electron chi connectivity index (χ4n) is 3.15. The van der Waals surface area contributed by atoms with E-state index < -0.39 is 0 Å². The summed E-state index contributed by atoms with van der Waals surface area (Å²) in [5, 5.41) is 5.77. The molecule has 0 unspecified atom stereocenters. The molecule has 1 aliphatic heterocycles. The van der Waals surface area contributed by atoms with Crippen LogP contribution in [-0.2, 0) is 11.8 Å². The van der Waals surface area contributed by atoms with Gasteiger partial charge in [-0.25, -0.2) is 0 Å². The highest BCUT2D eigenvalue weighted by molar-refractivity contribution is 7.10. The lowest BCUT2D eigenvalue weighted by atomic mass is 9.67. The minimum absolute atomic E-state index is 0.568. The molecule has 2 aliphatic rings. The van der Waals surface area contributed by atoms with Gasteiger partial charge in [0.05, 0.1) is 0 Å². The van der Waals surface area contributed by atoms with Crippen LogP contribution in [0.2, 0.25) is 0 Å². The number of fused-ring (bicyclic) bond motifs is 2. The summed E-state index contributed by atoms with van der Waals surface area (Å²) in [7, 11) is 0. The highest BCUT2D eigenvalue weighted by atomic mass is 32.1. The largest absolute Gasteiger partial charge is 0.317 e. The molecule has 1 aliphatic carbocycles. The van der Waals surface area contributed by atoms with Crippen LogP contribution in [0.1, 0.15) is 36.1 Å². The van der Waals surface area contributed by atoms with Gasteiger partial charge < -0.3 is 5.32 Å². The fraction of sp³-hybridized carbons (Fsp3) is 0.667. The molecule has 0 saturated carbocycles. The van der Waals surface area contributed by atoms with Crippen LogP contribution >= 0.6 is 11.3 Å². The first-order valence-electron chi connectivity index (χ1n) is 5.68. The number of nitrogens with one attached hydrogen (secondary N) is 1. The van der Waals surface area contributed by atoms with Crippen LogP contribution in [0.15, 0.2) is 11.4 Å². The number of thiophene rings is 1. The predicted molar refractivity (Wildman–Crippen MR) is 61.0 cm³/mol. The summed E-state index contributed by atoms with van der Waals surface area (Å²) < 4.78 is 0. The van der Waals surface area contributed by atoms with Gasteiger partial charge in [0.25, 0.3) is 0 Å². The summed E-state index contributed by atoms with van der Waals surface area (Å²) >= 11 is 1.97. The molecule has 0 bridgehead atoms. The molecular formula is C12H17NS. The molecule has 1 saturated heterocycles. The molecular weight excluding hydrogens is 190 g/mol. The van der Waals surface area contributed by atoms with Gasteiger partial charge in [-0.1, -0.05) is 0 Å². The Morgan fingerprint density at radius 2 is 2.07 bits per heavy atom. The fourth-order valence-corrected chi connectivity index (χ4v) is 4.20. The standard InChI is InChI=1S/C12H17NS/c1-2-11-10(3-9-14-11)12(4-1)5-7-13-8-6-12/h3,9,13H,1-2,4-8H2. The second-order valence-corrected chi connectivity index (χ2v) is 5.64. The van der Waals surface area contributed by atoms with Gasteiger partial charge in [0.1, 0.15) is 0 Å². The van der Waals surface area contributed by atoms with Crippen LogP contribution < -0.4 is 5.32 Å². The Morgan fingerprint density at radius 3 is 2.93 bits per heavy atom. The zero-order valence-corrected chi connectivity index (χ0v) is 9.33. The van der Waals surface area contributed by atoms with Gasteiger partial charge in [0, 0.05) is 4.88 Å². The maximum atomic E-state index is 3.48. The van der Waals surface area contributed by atoms with Crippen molar-refractivity contribution in [1.82, 2.24) is 5.32 Å². The lowest BCUT2D eigenvalue weighted by molar-refractivity contribution is 0.270. The monoisotopic (exact) mass is 207 g/mol. The lowest BCUT2D eigenvalue weighted by Crippen LogP contribution is -2.41. The van der Waals surface area contributed by atoms with Crippen molar-refractivity contribution in [3.63, 3.8) is 0 Å². The summed E-state index contributed by atoms with van der Waals surface area (Å²) in [6, 6.07) is 2.39. The third kappa shape index (κ3) is 1.24. The average molecular weight is 207 g/mol. The predicted octanol–water partition coefficient (Wildman–Crippen LogP) is 2.71. The number of piperidine rings is 1. The van der Waals surface area contributed by atoms with E-state index in [0.717, 1.165) is 0 Å². The van der Waals surface area contributed by atoms with E-state index in [4.69, 9.17) is 0 Å². The molecule has 1 nitrogen and oxygen atoms in total.